The molecule has 1 aliphatic heterocycles. The number of fused-ring (bicyclic) bond motifs is 8. The van der Waals surface area contributed by atoms with Crippen LogP contribution in [0, 0.1) is 0 Å². The van der Waals surface area contributed by atoms with E-state index >= 15 is 0 Å². The molecule has 6 rings (SSSR count). The third-order valence-corrected chi connectivity index (χ3v) is 5.46. The smallest absolute Gasteiger partial charge is 0.0619 e. The van der Waals surface area contributed by atoms with Gasteiger partial charge in [0.15, 0.2) is 0 Å². The normalized spacial score (nSPS) is 12.0. The molecule has 122 valence electrons. The van der Waals surface area contributed by atoms with E-state index < -0.39 is 0 Å². The zero-order valence-corrected chi connectivity index (χ0v) is 14.1. The Morgan fingerprint density at radius 3 is 2.15 bits per heavy atom. The molecule has 0 saturated carbocycles. The van der Waals surface area contributed by atoms with Crippen molar-refractivity contribution in [3.05, 3.63) is 84.9 Å². The summed E-state index contributed by atoms with van der Waals surface area (Å²) in [5.41, 5.74) is 15.6. The number of anilines is 1. The van der Waals surface area contributed by atoms with E-state index in [9.17, 15) is 0 Å². The molecular weight excluding hydrogens is 316 g/mol. The van der Waals surface area contributed by atoms with Crippen molar-refractivity contribution in [2.75, 3.05) is 5.73 Å². The number of benzene rings is 4. The SMILES string of the molecule is Nc1ccc2c(c1)-n1c3ccccc3c3cccc(c31)-c1ccccc1-2. The molecule has 1 aliphatic rings. The fraction of sp³-hybridized carbons (Fsp3) is 0. The van der Waals surface area contributed by atoms with Gasteiger partial charge in [-0.15, -0.1) is 0 Å². The van der Waals surface area contributed by atoms with Crippen LogP contribution in [0.2, 0.25) is 0 Å². The lowest BCUT2D eigenvalue weighted by Gasteiger charge is -2.13. The summed E-state index contributed by atoms with van der Waals surface area (Å²) < 4.78 is 2.38. The molecule has 0 atom stereocenters. The standard InChI is InChI=1S/C24H16N2/c25-15-12-13-19-16-6-1-2-7-17(16)20-9-5-10-21-18-8-3-4-11-22(18)26(24(20)21)23(19)14-15/h1-14H,25H2. The highest BCUT2D eigenvalue weighted by molar-refractivity contribution is 6.16. The Hall–Kier alpha value is -3.52. The molecule has 5 aromatic rings. The number of nitrogens with two attached hydrogens (primary N) is 1. The summed E-state index contributed by atoms with van der Waals surface area (Å²) in [6.07, 6.45) is 0. The first-order chi connectivity index (χ1) is 12.8. The molecule has 2 N–H and O–H groups in total. The quantitative estimate of drug-likeness (QED) is 0.339. The maximum atomic E-state index is 6.20. The predicted octanol–water partition coefficient (Wildman–Crippen LogP) is 6.01. The topological polar surface area (TPSA) is 30.9 Å². The summed E-state index contributed by atoms with van der Waals surface area (Å²) >= 11 is 0. The van der Waals surface area contributed by atoms with Crippen LogP contribution in [0.3, 0.4) is 0 Å². The van der Waals surface area contributed by atoms with Gasteiger partial charge in [0.05, 0.1) is 16.7 Å². The van der Waals surface area contributed by atoms with Gasteiger partial charge in [0.1, 0.15) is 0 Å². The Balaban J connectivity index is 1.98. The van der Waals surface area contributed by atoms with E-state index in [1.165, 1.54) is 44.1 Å². The van der Waals surface area contributed by atoms with E-state index in [0.717, 1.165) is 11.4 Å². The number of para-hydroxylation sites is 2. The molecule has 0 bridgehead atoms. The van der Waals surface area contributed by atoms with Crippen molar-refractivity contribution in [2.45, 2.75) is 0 Å². The highest BCUT2D eigenvalue weighted by atomic mass is 15.0. The third-order valence-electron chi connectivity index (χ3n) is 5.46. The van der Waals surface area contributed by atoms with Crippen molar-refractivity contribution < 1.29 is 0 Å². The fourth-order valence-corrected chi connectivity index (χ4v) is 4.40. The van der Waals surface area contributed by atoms with E-state index in [0.29, 0.717) is 0 Å². The Bertz CT molecular complexity index is 1340. The Morgan fingerprint density at radius 1 is 0.577 bits per heavy atom. The Labute approximate surface area is 151 Å². The van der Waals surface area contributed by atoms with Crippen LogP contribution in [0.15, 0.2) is 84.9 Å². The minimum absolute atomic E-state index is 0.784. The van der Waals surface area contributed by atoms with Gasteiger partial charge in [0.2, 0.25) is 0 Å². The van der Waals surface area contributed by atoms with Crippen LogP contribution in [0.1, 0.15) is 0 Å². The molecule has 4 aromatic carbocycles. The third kappa shape index (κ3) is 1.61. The Morgan fingerprint density at radius 2 is 1.27 bits per heavy atom. The average Bonchev–Trinajstić information content (AvgIpc) is 2.96. The largest absolute Gasteiger partial charge is 0.399 e. The van der Waals surface area contributed by atoms with Crippen molar-refractivity contribution in [1.82, 2.24) is 4.57 Å². The molecule has 0 aliphatic carbocycles. The van der Waals surface area contributed by atoms with Crippen molar-refractivity contribution in [3.8, 4) is 27.9 Å². The number of hydrogen-bond donors (Lipinski definition) is 1. The van der Waals surface area contributed by atoms with E-state index in [2.05, 4.69) is 83.4 Å². The molecule has 0 saturated heterocycles. The number of nitrogen functional groups attached to an aromatic ring is 1. The van der Waals surface area contributed by atoms with Crippen molar-refractivity contribution in [2.24, 2.45) is 0 Å². The monoisotopic (exact) mass is 332 g/mol. The maximum Gasteiger partial charge on any atom is 0.0619 e. The van der Waals surface area contributed by atoms with Crippen LogP contribution in [0.25, 0.3) is 49.7 Å². The lowest BCUT2D eigenvalue weighted by Crippen LogP contribution is -1.97. The van der Waals surface area contributed by atoms with Gasteiger partial charge in [0, 0.05) is 27.6 Å². The van der Waals surface area contributed by atoms with Crippen LogP contribution in [-0.2, 0) is 0 Å². The first-order valence-corrected chi connectivity index (χ1v) is 8.85. The second kappa shape index (κ2) is 4.77. The lowest BCUT2D eigenvalue weighted by molar-refractivity contribution is 1.19. The highest BCUT2D eigenvalue weighted by Gasteiger charge is 2.23. The van der Waals surface area contributed by atoms with Gasteiger partial charge in [-0.3, -0.25) is 0 Å². The molecule has 2 heteroatoms. The average molecular weight is 332 g/mol. The summed E-state index contributed by atoms with van der Waals surface area (Å²) in [7, 11) is 0. The van der Waals surface area contributed by atoms with E-state index in [-0.39, 0.29) is 0 Å². The van der Waals surface area contributed by atoms with Gasteiger partial charge in [-0.05, 0) is 29.3 Å². The second-order valence-electron chi connectivity index (χ2n) is 6.88. The highest BCUT2D eigenvalue weighted by Crippen LogP contribution is 2.46. The van der Waals surface area contributed by atoms with Crippen LogP contribution in [-0.4, -0.2) is 4.57 Å². The fourth-order valence-electron chi connectivity index (χ4n) is 4.40. The molecule has 0 fully saturated rings. The summed E-state index contributed by atoms with van der Waals surface area (Å²) in [6, 6.07) is 30.1. The number of rotatable bonds is 0. The van der Waals surface area contributed by atoms with Crippen LogP contribution < -0.4 is 5.73 Å². The van der Waals surface area contributed by atoms with Crippen molar-refractivity contribution in [3.63, 3.8) is 0 Å². The minimum Gasteiger partial charge on any atom is -0.399 e. The molecule has 0 unspecified atom stereocenters. The van der Waals surface area contributed by atoms with Crippen molar-refractivity contribution >= 4 is 27.5 Å². The van der Waals surface area contributed by atoms with E-state index in [4.69, 9.17) is 5.73 Å². The summed E-state index contributed by atoms with van der Waals surface area (Å²) in [5.74, 6) is 0. The first-order valence-electron chi connectivity index (χ1n) is 8.85. The predicted molar refractivity (Wildman–Crippen MR) is 110 cm³/mol. The molecule has 0 spiro atoms. The zero-order valence-electron chi connectivity index (χ0n) is 14.1. The number of aromatic nitrogens is 1. The van der Waals surface area contributed by atoms with Gasteiger partial charge in [-0.25, -0.2) is 0 Å². The van der Waals surface area contributed by atoms with Crippen LogP contribution in [0.4, 0.5) is 5.69 Å². The minimum atomic E-state index is 0.784. The summed E-state index contributed by atoms with van der Waals surface area (Å²) in [5, 5.41) is 2.56. The molecule has 2 nitrogen and oxygen atoms in total. The van der Waals surface area contributed by atoms with Crippen molar-refractivity contribution in [1.29, 1.82) is 0 Å². The molecule has 2 heterocycles. The molecule has 1 aromatic heterocycles. The van der Waals surface area contributed by atoms with Gasteiger partial charge in [-0.2, -0.15) is 0 Å². The summed E-state index contributed by atoms with van der Waals surface area (Å²) in [4.78, 5) is 0. The Kier molecular flexibility index (Phi) is 2.52. The first kappa shape index (κ1) is 13.7. The molecule has 0 amide bonds. The maximum absolute atomic E-state index is 6.20. The lowest BCUT2D eigenvalue weighted by atomic mass is 9.93. The van der Waals surface area contributed by atoms with Gasteiger partial charge >= 0.3 is 0 Å². The molecule has 0 radical (unpaired) electrons. The van der Waals surface area contributed by atoms with Gasteiger partial charge in [-0.1, -0.05) is 66.7 Å². The van der Waals surface area contributed by atoms with Gasteiger partial charge < -0.3 is 10.3 Å². The summed E-state index contributed by atoms with van der Waals surface area (Å²) in [6.45, 7) is 0. The number of nitrogens with zero attached hydrogens (tertiary/aromatic N) is 1. The van der Waals surface area contributed by atoms with E-state index in [1.807, 2.05) is 6.07 Å². The molecular formula is C24H16N2. The zero-order chi connectivity index (χ0) is 17.3. The molecule has 26 heavy (non-hydrogen) atoms. The van der Waals surface area contributed by atoms with Gasteiger partial charge in [0.25, 0.3) is 0 Å². The van der Waals surface area contributed by atoms with Crippen LogP contribution in [0.5, 0.6) is 0 Å². The van der Waals surface area contributed by atoms with E-state index in [1.54, 1.807) is 0 Å². The number of hydrogen-bond acceptors (Lipinski definition) is 1. The second-order valence-corrected chi connectivity index (χ2v) is 6.88. The van der Waals surface area contributed by atoms with Crippen LogP contribution >= 0.6 is 0 Å².